The van der Waals surface area contributed by atoms with E-state index in [1.165, 1.54) is 12.8 Å². The van der Waals surface area contributed by atoms with Crippen LogP contribution in [-0.4, -0.2) is 52.5 Å². The lowest BCUT2D eigenvalue weighted by Gasteiger charge is -2.12. The number of hydrogen-bond donors (Lipinski definition) is 2. The van der Waals surface area contributed by atoms with Gasteiger partial charge in [-0.05, 0) is 31.1 Å². The van der Waals surface area contributed by atoms with Gasteiger partial charge in [-0.1, -0.05) is 13.8 Å². The number of hydrogen-bond acceptors (Lipinski definition) is 3. The summed E-state index contributed by atoms with van der Waals surface area (Å²) in [5, 5.41) is 6.52. The van der Waals surface area contributed by atoms with E-state index in [1.807, 2.05) is 0 Å². The highest BCUT2D eigenvalue weighted by atomic mass is 16.5. The molecule has 1 fully saturated rings. The first-order chi connectivity index (χ1) is 9.72. The minimum Gasteiger partial charge on any atom is -0.381 e. The molecule has 1 aliphatic carbocycles. The Morgan fingerprint density at radius 1 is 1.15 bits per heavy atom. The Morgan fingerprint density at radius 3 is 2.55 bits per heavy atom. The third-order valence-corrected chi connectivity index (χ3v) is 3.02. The Labute approximate surface area is 123 Å². The molecule has 5 nitrogen and oxygen atoms in total. The summed E-state index contributed by atoms with van der Waals surface area (Å²) in [6.45, 7) is 9.30. The average Bonchev–Trinajstić information content (AvgIpc) is 3.23. The summed E-state index contributed by atoms with van der Waals surface area (Å²) in [6, 6.07) is 0. The molecule has 0 amide bonds. The summed E-state index contributed by atoms with van der Waals surface area (Å²) in [4.78, 5) is 4.18. The summed E-state index contributed by atoms with van der Waals surface area (Å²) < 4.78 is 11.1. The molecular weight excluding hydrogens is 254 g/mol. The predicted octanol–water partition coefficient (Wildman–Crippen LogP) is 1.64. The van der Waals surface area contributed by atoms with Crippen molar-refractivity contribution in [3.8, 4) is 0 Å². The van der Waals surface area contributed by atoms with Crippen molar-refractivity contribution in [1.29, 1.82) is 0 Å². The number of rotatable bonds is 11. The molecule has 118 valence electrons. The molecule has 0 radical (unpaired) electrons. The number of ether oxygens (including phenoxy) is 2. The SMILES string of the molecule is CN=C(NCCCOCC(C)C)NCCOCC1CC1. The van der Waals surface area contributed by atoms with Crippen LogP contribution in [0.25, 0.3) is 0 Å². The van der Waals surface area contributed by atoms with Crippen molar-refractivity contribution in [3.63, 3.8) is 0 Å². The monoisotopic (exact) mass is 285 g/mol. The molecule has 0 aromatic carbocycles. The second-order valence-electron chi connectivity index (χ2n) is 5.77. The van der Waals surface area contributed by atoms with E-state index in [4.69, 9.17) is 9.47 Å². The lowest BCUT2D eigenvalue weighted by molar-refractivity contribution is 0.108. The molecule has 20 heavy (non-hydrogen) atoms. The minimum absolute atomic E-state index is 0.605. The van der Waals surface area contributed by atoms with Crippen LogP contribution in [0.5, 0.6) is 0 Å². The fourth-order valence-electron chi connectivity index (χ4n) is 1.70. The first kappa shape index (κ1) is 17.2. The third-order valence-electron chi connectivity index (χ3n) is 3.02. The molecule has 0 spiro atoms. The first-order valence-electron chi connectivity index (χ1n) is 7.82. The molecule has 0 heterocycles. The standard InChI is InChI=1S/C15H31N3O2/c1-13(2)11-19-9-4-7-17-15(16-3)18-8-10-20-12-14-5-6-14/h13-14H,4-12H2,1-3H3,(H2,16,17,18). The lowest BCUT2D eigenvalue weighted by Crippen LogP contribution is -2.39. The summed E-state index contributed by atoms with van der Waals surface area (Å²) in [6.07, 6.45) is 3.68. The minimum atomic E-state index is 0.605. The van der Waals surface area contributed by atoms with Crippen LogP contribution in [0, 0.1) is 11.8 Å². The largest absolute Gasteiger partial charge is 0.381 e. The normalized spacial score (nSPS) is 15.7. The molecule has 0 bridgehead atoms. The fourth-order valence-corrected chi connectivity index (χ4v) is 1.70. The molecule has 0 atom stereocenters. The van der Waals surface area contributed by atoms with Crippen LogP contribution in [0.15, 0.2) is 4.99 Å². The zero-order chi connectivity index (χ0) is 14.6. The van der Waals surface area contributed by atoms with Crippen LogP contribution in [0.2, 0.25) is 0 Å². The van der Waals surface area contributed by atoms with Gasteiger partial charge in [0.25, 0.3) is 0 Å². The predicted molar refractivity (Wildman–Crippen MR) is 83.2 cm³/mol. The summed E-state index contributed by atoms with van der Waals surface area (Å²) in [5.41, 5.74) is 0. The van der Waals surface area contributed by atoms with Gasteiger partial charge in [0.1, 0.15) is 0 Å². The number of nitrogens with zero attached hydrogens (tertiary/aromatic N) is 1. The van der Waals surface area contributed by atoms with Gasteiger partial charge in [0.05, 0.1) is 6.61 Å². The van der Waals surface area contributed by atoms with Gasteiger partial charge in [0.2, 0.25) is 0 Å². The van der Waals surface area contributed by atoms with Gasteiger partial charge in [-0.15, -0.1) is 0 Å². The topological polar surface area (TPSA) is 54.9 Å². The van der Waals surface area contributed by atoms with Gasteiger partial charge < -0.3 is 20.1 Å². The smallest absolute Gasteiger partial charge is 0.191 e. The molecule has 1 aliphatic rings. The fraction of sp³-hybridized carbons (Fsp3) is 0.933. The molecule has 0 aromatic rings. The Hall–Kier alpha value is -0.810. The van der Waals surface area contributed by atoms with Crippen molar-refractivity contribution < 1.29 is 9.47 Å². The van der Waals surface area contributed by atoms with E-state index in [9.17, 15) is 0 Å². The van der Waals surface area contributed by atoms with Gasteiger partial charge in [0, 0.05) is 40.0 Å². The summed E-state index contributed by atoms with van der Waals surface area (Å²) >= 11 is 0. The van der Waals surface area contributed by atoms with Crippen molar-refractivity contribution in [2.24, 2.45) is 16.8 Å². The van der Waals surface area contributed by atoms with Gasteiger partial charge in [-0.25, -0.2) is 0 Å². The number of guanidine groups is 1. The summed E-state index contributed by atoms with van der Waals surface area (Å²) in [5.74, 6) is 2.27. The molecule has 0 aliphatic heterocycles. The van der Waals surface area contributed by atoms with Crippen molar-refractivity contribution in [2.45, 2.75) is 33.1 Å². The Balaban J connectivity index is 1.88. The van der Waals surface area contributed by atoms with Crippen LogP contribution in [0.3, 0.4) is 0 Å². The highest BCUT2D eigenvalue weighted by Gasteiger charge is 2.20. The van der Waals surface area contributed by atoms with E-state index in [0.717, 1.165) is 57.8 Å². The Morgan fingerprint density at radius 2 is 1.90 bits per heavy atom. The number of nitrogens with one attached hydrogen (secondary N) is 2. The third kappa shape index (κ3) is 10.0. The lowest BCUT2D eigenvalue weighted by atomic mass is 10.2. The molecular formula is C15H31N3O2. The second kappa shape index (κ2) is 10.9. The van der Waals surface area contributed by atoms with Gasteiger partial charge >= 0.3 is 0 Å². The Bertz CT molecular complexity index is 266. The van der Waals surface area contributed by atoms with Crippen LogP contribution < -0.4 is 10.6 Å². The van der Waals surface area contributed by atoms with Crippen molar-refractivity contribution >= 4 is 5.96 Å². The van der Waals surface area contributed by atoms with E-state index in [2.05, 4.69) is 29.5 Å². The number of aliphatic imine (C=N–C) groups is 1. The summed E-state index contributed by atoms with van der Waals surface area (Å²) in [7, 11) is 1.79. The highest BCUT2D eigenvalue weighted by molar-refractivity contribution is 5.79. The molecule has 2 N–H and O–H groups in total. The zero-order valence-corrected chi connectivity index (χ0v) is 13.3. The maximum Gasteiger partial charge on any atom is 0.191 e. The van der Waals surface area contributed by atoms with Crippen molar-refractivity contribution in [3.05, 3.63) is 0 Å². The molecule has 1 saturated carbocycles. The van der Waals surface area contributed by atoms with Crippen LogP contribution in [0.4, 0.5) is 0 Å². The van der Waals surface area contributed by atoms with E-state index >= 15 is 0 Å². The van der Waals surface area contributed by atoms with Gasteiger partial charge in [-0.2, -0.15) is 0 Å². The maximum absolute atomic E-state index is 5.57. The van der Waals surface area contributed by atoms with Crippen molar-refractivity contribution in [1.82, 2.24) is 10.6 Å². The van der Waals surface area contributed by atoms with Crippen LogP contribution >= 0.6 is 0 Å². The van der Waals surface area contributed by atoms with E-state index < -0.39 is 0 Å². The van der Waals surface area contributed by atoms with E-state index in [-0.39, 0.29) is 0 Å². The first-order valence-corrected chi connectivity index (χ1v) is 7.82. The zero-order valence-electron chi connectivity index (χ0n) is 13.3. The van der Waals surface area contributed by atoms with Gasteiger partial charge in [0.15, 0.2) is 5.96 Å². The highest BCUT2D eigenvalue weighted by Crippen LogP contribution is 2.28. The van der Waals surface area contributed by atoms with Crippen molar-refractivity contribution in [2.75, 3.05) is 46.6 Å². The maximum atomic E-state index is 5.57. The van der Waals surface area contributed by atoms with E-state index in [0.29, 0.717) is 5.92 Å². The second-order valence-corrected chi connectivity index (χ2v) is 5.77. The molecule has 5 heteroatoms. The molecule has 1 rings (SSSR count). The molecule has 0 unspecified atom stereocenters. The van der Waals surface area contributed by atoms with Crippen LogP contribution in [-0.2, 0) is 9.47 Å². The molecule has 0 saturated heterocycles. The quantitative estimate of drug-likeness (QED) is 0.344. The van der Waals surface area contributed by atoms with E-state index in [1.54, 1.807) is 7.05 Å². The molecule has 0 aromatic heterocycles. The van der Waals surface area contributed by atoms with Crippen LogP contribution in [0.1, 0.15) is 33.1 Å². The Kier molecular flexibility index (Phi) is 9.41. The van der Waals surface area contributed by atoms with Gasteiger partial charge in [-0.3, -0.25) is 4.99 Å². The average molecular weight is 285 g/mol.